The highest BCUT2D eigenvalue weighted by molar-refractivity contribution is 5.26. The molecule has 0 radical (unpaired) electrons. The minimum atomic E-state index is -0.544. The van der Waals surface area contributed by atoms with Gasteiger partial charge in [-0.2, -0.15) is 0 Å². The number of fused-ring (bicyclic) bond motifs is 5. The predicted molar refractivity (Wildman–Crippen MR) is 97.5 cm³/mol. The Morgan fingerprint density at radius 2 is 1.92 bits per heavy atom. The van der Waals surface area contributed by atoms with Crippen LogP contribution in [-0.2, 0) is 0 Å². The molecule has 0 aliphatic heterocycles. The minimum Gasteiger partial charge on any atom is -0.393 e. The van der Waals surface area contributed by atoms with Crippen molar-refractivity contribution >= 4 is 0 Å². The Bertz CT molecular complexity index is 566. The van der Waals surface area contributed by atoms with Crippen LogP contribution in [0.15, 0.2) is 24.3 Å². The average molecular weight is 331 g/mol. The van der Waals surface area contributed by atoms with Crippen molar-refractivity contribution in [2.75, 3.05) is 0 Å². The molecule has 24 heavy (non-hydrogen) atoms. The zero-order valence-corrected chi connectivity index (χ0v) is 15.4. The number of hydrogen-bond donors (Lipinski definition) is 2. The van der Waals surface area contributed by atoms with Crippen LogP contribution in [-0.4, -0.2) is 21.9 Å². The summed E-state index contributed by atoms with van der Waals surface area (Å²) in [5, 5.41) is 21.4. The van der Waals surface area contributed by atoms with Gasteiger partial charge >= 0.3 is 0 Å². The lowest BCUT2D eigenvalue weighted by Gasteiger charge is -2.59. The van der Waals surface area contributed by atoms with Crippen molar-refractivity contribution in [3.8, 4) is 0 Å². The van der Waals surface area contributed by atoms with Crippen molar-refractivity contribution in [1.82, 2.24) is 0 Å². The lowest BCUT2D eigenvalue weighted by molar-refractivity contribution is -0.122. The summed E-state index contributed by atoms with van der Waals surface area (Å²) < 4.78 is 0. The molecule has 0 heterocycles. The Morgan fingerprint density at radius 3 is 2.67 bits per heavy atom. The van der Waals surface area contributed by atoms with Gasteiger partial charge in [-0.25, -0.2) is 0 Å². The second-order valence-corrected chi connectivity index (χ2v) is 9.68. The molecule has 2 unspecified atom stereocenters. The molecular formula is C22H34O2. The van der Waals surface area contributed by atoms with Crippen LogP contribution < -0.4 is 0 Å². The van der Waals surface area contributed by atoms with E-state index in [9.17, 15) is 10.2 Å². The van der Waals surface area contributed by atoms with Gasteiger partial charge in [0.15, 0.2) is 0 Å². The van der Waals surface area contributed by atoms with Crippen LogP contribution in [0.3, 0.4) is 0 Å². The van der Waals surface area contributed by atoms with Gasteiger partial charge in [0.1, 0.15) is 0 Å². The third kappa shape index (κ3) is 2.08. The minimum absolute atomic E-state index is 0.0538. The van der Waals surface area contributed by atoms with E-state index in [2.05, 4.69) is 26.5 Å². The Morgan fingerprint density at radius 1 is 1.17 bits per heavy atom. The number of aliphatic hydroxyl groups is 2. The van der Waals surface area contributed by atoms with Crippen molar-refractivity contribution in [2.45, 2.75) is 83.3 Å². The van der Waals surface area contributed by atoms with E-state index in [1.165, 1.54) is 18.4 Å². The zero-order chi connectivity index (χ0) is 17.2. The molecule has 7 atom stereocenters. The quantitative estimate of drug-likeness (QED) is 0.725. The summed E-state index contributed by atoms with van der Waals surface area (Å²) in [5.74, 6) is 2.10. The lowest BCUT2D eigenvalue weighted by atomic mass is 9.47. The molecule has 3 saturated carbocycles. The summed E-state index contributed by atoms with van der Waals surface area (Å²) >= 11 is 0. The highest BCUT2D eigenvalue weighted by Gasteiger charge is 2.63. The van der Waals surface area contributed by atoms with Gasteiger partial charge in [-0.1, -0.05) is 31.6 Å². The van der Waals surface area contributed by atoms with Crippen LogP contribution in [0.4, 0.5) is 0 Å². The first kappa shape index (κ1) is 16.8. The van der Waals surface area contributed by atoms with Crippen LogP contribution in [0.25, 0.3) is 0 Å². The number of allylic oxidation sites excluding steroid dienone is 1. The van der Waals surface area contributed by atoms with Crippen LogP contribution in [0.5, 0.6) is 0 Å². The predicted octanol–water partition coefficient (Wildman–Crippen LogP) is 4.62. The molecule has 0 aromatic carbocycles. The molecule has 4 aliphatic carbocycles. The Kier molecular flexibility index (Phi) is 3.82. The van der Waals surface area contributed by atoms with Gasteiger partial charge in [-0.3, -0.25) is 0 Å². The Labute approximate surface area is 147 Å². The van der Waals surface area contributed by atoms with Gasteiger partial charge in [0, 0.05) is 0 Å². The molecule has 0 amide bonds. The normalized spacial score (nSPS) is 53.6. The molecule has 3 fully saturated rings. The van der Waals surface area contributed by atoms with Gasteiger partial charge in [0.2, 0.25) is 0 Å². The van der Waals surface area contributed by atoms with E-state index < -0.39 is 5.60 Å². The summed E-state index contributed by atoms with van der Waals surface area (Å²) in [7, 11) is 0. The fourth-order valence-corrected chi connectivity index (χ4v) is 7.33. The van der Waals surface area contributed by atoms with Gasteiger partial charge in [0.05, 0.1) is 11.7 Å². The summed E-state index contributed by atoms with van der Waals surface area (Å²) in [6.45, 7) is 8.72. The molecule has 2 nitrogen and oxygen atoms in total. The SMILES string of the molecule is C=CCC1(O)CC[C@H]2[C@@H]3CC=C4CC(O)CC[C@]4(C)[C@@H]3CC[C@@]21C. The van der Waals surface area contributed by atoms with Gasteiger partial charge in [-0.05, 0) is 86.4 Å². The maximum atomic E-state index is 11.3. The molecule has 2 heteroatoms. The molecule has 2 N–H and O–H groups in total. The van der Waals surface area contributed by atoms with E-state index in [1.54, 1.807) is 0 Å². The highest BCUT2D eigenvalue weighted by Crippen LogP contribution is 2.67. The molecule has 0 spiro atoms. The first-order chi connectivity index (χ1) is 11.3. The number of aliphatic hydroxyl groups excluding tert-OH is 1. The van der Waals surface area contributed by atoms with Crippen molar-refractivity contribution in [3.05, 3.63) is 24.3 Å². The summed E-state index contributed by atoms with van der Waals surface area (Å²) in [6.07, 6.45) is 13.6. The third-order valence-electron chi connectivity index (χ3n) is 8.88. The second-order valence-electron chi connectivity index (χ2n) is 9.68. The first-order valence-corrected chi connectivity index (χ1v) is 10.0. The highest BCUT2D eigenvalue weighted by atomic mass is 16.3. The summed E-state index contributed by atoms with van der Waals surface area (Å²) in [5.41, 5.74) is 1.34. The molecule has 0 aromatic heterocycles. The average Bonchev–Trinajstić information content (AvgIpc) is 2.80. The smallest absolute Gasteiger partial charge is 0.0738 e. The summed E-state index contributed by atoms with van der Waals surface area (Å²) in [6, 6.07) is 0. The van der Waals surface area contributed by atoms with Crippen molar-refractivity contribution < 1.29 is 10.2 Å². The number of hydrogen-bond acceptors (Lipinski definition) is 2. The van der Waals surface area contributed by atoms with Crippen LogP contribution in [0.1, 0.15) is 71.6 Å². The molecule has 0 aromatic rings. The summed E-state index contributed by atoms with van der Waals surface area (Å²) in [4.78, 5) is 0. The maximum Gasteiger partial charge on any atom is 0.0738 e. The van der Waals surface area contributed by atoms with E-state index in [1.807, 2.05) is 6.08 Å². The van der Waals surface area contributed by atoms with Crippen molar-refractivity contribution in [3.63, 3.8) is 0 Å². The third-order valence-corrected chi connectivity index (χ3v) is 8.88. The molecule has 4 aliphatic rings. The van der Waals surface area contributed by atoms with E-state index >= 15 is 0 Å². The largest absolute Gasteiger partial charge is 0.393 e. The molecule has 4 rings (SSSR count). The molecular weight excluding hydrogens is 296 g/mol. The standard InChI is InChI=1S/C22H34O2/c1-4-10-22(24)13-9-19-17-6-5-15-14-16(23)7-11-20(15,2)18(17)8-12-21(19,22)3/h4-5,16-19,23-24H,1,6-14H2,2-3H3/t16?,17-,18-,19+,20+,21+,22?/m1/s1. The maximum absolute atomic E-state index is 11.3. The zero-order valence-electron chi connectivity index (χ0n) is 15.4. The van der Waals surface area contributed by atoms with Crippen LogP contribution in [0.2, 0.25) is 0 Å². The topological polar surface area (TPSA) is 40.5 Å². The van der Waals surface area contributed by atoms with E-state index in [0.717, 1.165) is 50.9 Å². The van der Waals surface area contributed by atoms with E-state index in [0.29, 0.717) is 17.3 Å². The van der Waals surface area contributed by atoms with Gasteiger partial charge in [-0.15, -0.1) is 6.58 Å². The molecule has 134 valence electrons. The fourth-order valence-electron chi connectivity index (χ4n) is 7.33. The van der Waals surface area contributed by atoms with Crippen LogP contribution >= 0.6 is 0 Å². The Hall–Kier alpha value is -0.600. The number of rotatable bonds is 2. The van der Waals surface area contributed by atoms with Crippen LogP contribution in [0, 0.1) is 28.6 Å². The Balaban J connectivity index is 1.66. The lowest BCUT2D eigenvalue weighted by Crippen LogP contribution is -2.54. The first-order valence-electron chi connectivity index (χ1n) is 10.0. The van der Waals surface area contributed by atoms with E-state index in [-0.39, 0.29) is 11.5 Å². The van der Waals surface area contributed by atoms with Crippen molar-refractivity contribution in [2.24, 2.45) is 28.6 Å². The van der Waals surface area contributed by atoms with Gasteiger partial charge < -0.3 is 10.2 Å². The van der Waals surface area contributed by atoms with Gasteiger partial charge in [0.25, 0.3) is 0 Å². The molecule has 0 saturated heterocycles. The van der Waals surface area contributed by atoms with Crippen molar-refractivity contribution in [1.29, 1.82) is 0 Å². The van der Waals surface area contributed by atoms with E-state index in [4.69, 9.17) is 0 Å². The molecule has 0 bridgehead atoms. The fraction of sp³-hybridized carbons (Fsp3) is 0.818. The second kappa shape index (κ2) is 5.45. The monoisotopic (exact) mass is 330 g/mol.